The highest BCUT2D eigenvalue weighted by Crippen LogP contribution is 2.24. The van der Waals surface area contributed by atoms with Gasteiger partial charge in [-0.25, -0.2) is 0 Å². The number of likely N-dealkylation sites (tertiary alicyclic amines) is 2. The highest BCUT2D eigenvalue weighted by Gasteiger charge is 2.31. The van der Waals surface area contributed by atoms with Crippen LogP contribution in [0.5, 0.6) is 5.75 Å². The zero-order valence-corrected chi connectivity index (χ0v) is 16.7. The second kappa shape index (κ2) is 9.25. The zero-order chi connectivity index (χ0) is 19.2. The number of nitrogens with zero attached hydrogens (tertiary/aromatic N) is 2. The third-order valence-electron chi connectivity index (χ3n) is 6.00. The Bertz CT molecular complexity index is 645. The molecule has 2 saturated heterocycles. The van der Waals surface area contributed by atoms with Crippen molar-refractivity contribution in [3.05, 3.63) is 29.8 Å². The molecule has 2 fully saturated rings. The Morgan fingerprint density at radius 2 is 1.63 bits per heavy atom. The molecule has 2 aliphatic rings. The highest BCUT2D eigenvalue weighted by atomic mass is 16.5. The van der Waals surface area contributed by atoms with E-state index in [1.54, 1.807) is 0 Å². The van der Waals surface area contributed by atoms with E-state index in [9.17, 15) is 9.59 Å². The Morgan fingerprint density at radius 3 is 2.30 bits per heavy atom. The van der Waals surface area contributed by atoms with Gasteiger partial charge in [0.05, 0.1) is 0 Å². The van der Waals surface area contributed by atoms with Gasteiger partial charge < -0.3 is 14.5 Å². The van der Waals surface area contributed by atoms with Gasteiger partial charge in [0.15, 0.2) is 6.61 Å². The van der Waals surface area contributed by atoms with Crippen molar-refractivity contribution in [2.24, 2.45) is 11.8 Å². The van der Waals surface area contributed by atoms with Gasteiger partial charge in [-0.15, -0.1) is 0 Å². The number of amides is 2. The molecule has 2 amide bonds. The van der Waals surface area contributed by atoms with Crippen molar-refractivity contribution < 1.29 is 14.3 Å². The van der Waals surface area contributed by atoms with E-state index in [4.69, 9.17) is 4.74 Å². The summed E-state index contributed by atoms with van der Waals surface area (Å²) in [6.07, 6.45) is 4.64. The van der Waals surface area contributed by atoms with Crippen molar-refractivity contribution in [2.45, 2.75) is 46.0 Å². The fraction of sp³-hybridized carbons (Fsp3) is 0.636. The summed E-state index contributed by atoms with van der Waals surface area (Å²) >= 11 is 0. The summed E-state index contributed by atoms with van der Waals surface area (Å²) in [5.41, 5.74) is 1.12. The average molecular weight is 373 g/mol. The Balaban J connectivity index is 1.44. The van der Waals surface area contributed by atoms with Gasteiger partial charge >= 0.3 is 0 Å². The molecule has 0 aliphatic carbocycles. The van der Waals surface area contributed by atoms with E-state index in [1.165, 1.54) is 0 Å². The Labute approximate surface area is 162 Å². The second-order valence-electron chi connectivity index (χ2n) is 7.91. The van der Waals surface area contributed by atoms with E-state index in [0.717, 1.165) is 62.4 Å². The van der Waals surface area contributed by atoms with E-state index >= 15 is 0 Å². The Kier molecular flexibility index (Phi) is 6.75. The molecular weight excluding hydrogens is 340 g/mol. The molecule has 3 rings (SSSR count). The predicted molar refractivity (Wildman–Crippen MR) is 106 cm³/mol. The molecule has 2 aliphatic heterocycles. The first-order chi connectivity index (χ1) is 13.1. The van der Waals surface area contributed by atoms with Crippen LogP contribution in [0.1, 0.15) is 45.1 Å². The van der Waals surface area contributed by atoms with Crippen LogP contribution < -0.4 is 4.74 Å². The van der Waals surface area contributed by atoms with E-state index in [0.29, 0.717) is 19.0 Å². The van der Waals surface area contributed by atoms with Gasteiger partial charge in [-0.1, -0.05) is 32.0 Å². The van der Waals surface area contributed by atoms with Gasteiger partial charge in [0.25, 0.3) is 5.91 Å². The third kappa shape index (κ3) is 5.02. The minimum absolute atomic E-state index is 0.0126. The third-order valence-corrected chi connectivity index (χ3v) is 6.00. The summed E-state index contributed by atoms with van der Waals surface area (Å²) in [6, 6.07) is 7.85. The fourth-order valence-electron chi connectivity index (χ4n) is 4.03. The number of carbonyl (C=O) groups excluding carboxylic acids is 2. The summed E-state index contributed by atoms with van der Waals surface area (Å²) in [5, 5.41) is 0. The number of aryl methyl sites for hydroxylation is 1. The minimum atomic E-state index is 0.0126. The van der Waals surface area contributed by atoms with E-state index < -0.39 is 0 Å². The van der Waals surface area contributed by atoms with Crippen molar-refractivity contribution in [1.82, 2.24) is 9.80 Å². The van der Waals surface area contributed by atoms with Crippen LogP contribution in [0, 0.1) is 11.8 Å². The quantitative estimate of drug-likeness (QED) is 0.798. The Hall–Kier alpha value is -2.04. The van der Waals surface area contributed by atoms with Crippen LogP contribution in [0.4, 0.5) is 0 Å². The smallest absolute Gasteiger partial charge is 0.260 e. The van der Waals surface area contributed by atoms with Crippen LogP contribution in [0.3, 0.4) is 0 Å². The van der Waals surface area contributed by atoms with Crippen LogP contribution in [-0.2, 0) is 16.0 Å². The molecule has 0 spiro atoms. The van der Waals surface area contributed by atoms with Crippen LogP contribution in [-0.4, -0.2) is 54.4 Å². The molecule has 0 radical (unpaired) electrons. The fourth-order valence-corrected chi connectivity index (χ4v) is 4.03. The van der Waals surface area contributed by atoms with Crippen molar-refractivity contribution >= 4 is 11.8 Å². The number of hydrogen-bond donors (Lipinski definition) is 0. The second-order valence-corrected chi connectivity index (χ2v) is 7.91. The molecule has 0 N–H and O–H groups in total. The molecule has 5 heteroatoms. The number of piperidine rings is 2. The number of benzene rings is 1. The van der Waals surface area contributed by atoms with Crippen LogP contribution in [0.2, 0.25) is 0 Å². The number of hydrogen-bond acceptors (Lipinski definition) is 3. The number of para-hydroxylation sites is 1. The van der Waals surface area contributed by atoms with Gasteiger partial charge in [0.1, 0.15) is 5.75 Å². The first kappa shape index (κ1) is 19.7. The van der Waals surface area contributed by atoms with E-state index in [1.807, 2.05) is 34.1 Å². The summed E-state index contributed by atoms with van der Waals surface area (Å²) < 4.78 is 5.76. The average Bonchev–Trinajstić information content (AvgIpc) is 2.72. The zero-order valence-electron chi connectivity index (χ0n) is 16.7. The summed E-state index contributed by atoms with van der Waals surface area (Å²) in [6.45, 7) is 7.49. The monoisotopic (exact) mass is 372 g/mol. The lowest BCUT2D eigenvalue weighted by atomic mass is 9.92. The van der Waals surface area contributed by atoms with Crippen LogP contribution in [0.25, 0.3) is 0 Å². The molecule has 0 unspecified atom stereocenters. The number of carbonyl (C=O) groups is 2. The van der Waals surface area contributed by atoms with E-state index in [-0.39, 0.29) is 18.4 Å². The SMILES string of the molecule is CCc1ccccc1OCC(=O)N1CCC(C(=O)N2CCC(C)CC2)CC1. The maximum atomic E-state index is 12.7. The molecular formula is C22H32N2O3. The van der Waals surface area contributed by atoms with Crippen molar-refractivity contribution in [3.8, 4) is 5.75 Å². The van der Waals surface area contributed by atoms with Gasteiger partial charge in [0.2, 0.25) is 5.91 Å². The normalized spacial score (nSPS) is 19.2. The topological polar surface area (TPSA) is 49.9 Å². The molecule has 2 heterocycles. The van der Waals surface area contributed by atoms with Crippen molar-refractivity contribution in [1.29, 1.82) is 0 Å². The highest BCUT2D eigenvalue weighted by molar-refractivity contribution is 5.80. The number of ether oxygens (including phenoxy) is 1. The summed E-state index contributed by atoms with van der Waals surface area (Å²) in [4.78, 5) is 29.1. The van der Waals surface area contributed by atoms with Gasteiger partial charge in [-0.3, -0.25) is 9.59 Å². The van der Waals surface area contributed by atoms with Gasteiger partial charge in [-0.2, -0.15) is 0 Å². The van der Waals surface area contributed by atoms with Crippen molar-refractivity contribution in [2.75, 3.05) is 32.8 Å². The molecule has 5 nitrogen and oxygen atoms in total. The lowest BCUT2D eigenvalue weighted by Gasteiger charge is -2.36. The van der Waals surface area contributed by atoms with Crippen molar-refractivity contribution in [3.63, 3.8) is 0 Å². The maximum absolute atomic E-state index is 12.7. The van der Waals surface area contributed by atoms with Crippen LogP contribution in [0.15, 0.2) is 24.3 Å². The van der Waals surface area contributed by atoms with Crippen LogP contribution >= 0.6 is 0 Å². The predicted octanol–water partition coefficient (Wildman–Crippen LogP) is 3.12. The molecule has 27 heavy (non-hydrogen) atoms. The summed E-state index contributed by atoms with van der Waals surface area (Å²) in [7, 11) is 0. The molecule has 0 atom stereocenters. The lowest BCUT2D eigenvalue weighted by molar-refractivity contribution is -0.142. The van der Waals surface area contributed by atoms with Gasteiger partial charge in [0, 0.05) is 32.1 Å². The Morgan fingerprint density at radius 1 is 1.00 bits per heavy atom. The molecule has 148 valence electrons. The molecule has 0 bridgehead atoms. The minimum Gasteiger partial charge on any atom is -0.483 e. The molecule has 0 aromatic heterocycles. The first-order valence-corrected chi connectivity index (χ1v) is 10.4. The maximum Gasteiger partial charge on any atom is 0.260 e. The lowest BCUT2D eigenvalue weighted by Crippen LogP contribution is -2.47. The number of rotatable bonds is 5. The first-order valence-electron chi connectivity index (χ1n) is 10.4. The largest absolute Gasteiger partial charge is 0.483 e. The van der Waals surface area contributed by atoms with Gasteiger partial charge in [-0.05, 0) is 49.7 Å². The molecule has 1 aromatic rings. The molecule has 0 saturated carbocycles. The standard InChI is InChI=1S/C22H32N2O3/c1-3-18-6-4-5-7-20(18)27-16-21(25)23-14-10-19(11-15-23)22(26)24-12-8-17(2)9-13-24/h4-7,17,19H,3,8-16H2,1-2H3. The summed E-state index contributed by atoms with van der Waals surface area (Å²) in [5.74, 6) is 1.90. The van der Waals surface area contributed by atoms with E-state index in [2.05, 4.69) is 13.8 Å². The molecule has 1 aromatic carbocycles.